The Labute approximate surface area is 71.6 Å². The molecular weight excluding hydrogens is 150 g/mol. The Morgan fingerprint density at radius 3 is 3.00 bits per heavy atom. The molecule has 1 aliphatic heterocycles. The molecule has 0 saturated carbocycles. The quantitative estimate of drug-likeness (QED) is 0.622. The van der Waals surface area contributed by atoms with Crippen LogP contribution in [0.25, 0.3) is 0 Å². The van der Waals surface area contributed by atoms with Gasteiger partial charge in [-0.3, -0.25) is 4.79 Å². The van der Waals surface area contributed by atoms with Crippen molar-refractivity contribution < 1.29 is 4.79 Å². The van der Waals surface area contributed by atoms with E-state index in [2.05, 4.69) is 5.32 Å². The van der Waals surface area contributed by atoms with E-state index in [1.165, 1.54) is 0 Å². The average Bonchev–Trinajstić information content (AvgIpc) is 2.12. The molecule has 12 heavy (non-hydrogen) atoms. The predicted octanol–water partition coefficient (Wildman–Crippen LogP) is 1.36. The standard InChI is InChI=1S/C10H11NO/c1-7-10(12)9-5-3-2-4-8(9)6-11-7/h2-5,7,11H,6H2,1H3. The molecular formula is C10H11NO. The zero-order chi connectivity index (χ0) is 8.55. The Kier molecular flexibility index (Phi) is 1.70. The lowest BCUT2D eigenvalue weighted by Gasteiger charge is -2.21. The number of ketones is 1. The van der Waals surface area contributed by atoms with Gasteiger partial charge in [-0.2, -0.15) is 0 Å². The summed E-state index contributed by atoms with van der Waals surface area (Å²) in [7, 11) is 0. The maximum Gasteiger partial charge on any atom is 0.179 e. The molecule has 0 aliphatic carbocycles. The number of nitrogens with one attached hydrogen (secondary N) is 1. The summed E-state index contributed by atoms with van der Waals surface area (Å²) in [5.74, 6) is 0.205. The Morgan fingerprint density at radius 1 is 1.42 bits per heavy atom. The van der Waals surface area contributed by atoms with E-state index in [4.69, 9.17) is 0 Å². The van der Waals surface area contributed by atoms with Crippen molar-refractivity contribution in [2.24, 2.45) is 0 Å². The van der Waals surface area contributed by atoms with E-state index in [0.29, 0.717) is 0 Å². The highest BCUT2D eigenvalue weighted by Crippen LogP contribution is 2.15. The van der Waals surface area contributed by atoms with Crippen molar-refractivity contribution in [3.63, 3.8) is 0 Å². The molecule has 0 fully saturated rings. The van der Waals surface area contributed by atoms with Crippen molar-refractivity contribution in [3.8, 4) is 0 Å². The highest BCUT2D eigenvalue weighted by atomic mass is 16.1. The fraction of sp³-hybridized carbons (Fsp3) is 0.300. The second-order valence-corrected chi connectivity index (χ2v) is 3.12. The molecule has 1 N–H and O–H groups in total. The highest BCUT2D eigenvalue weighted by molar-refractivity contribution is 6.01. The first kappa shape index (κ1) is 7.50. The fourth-order valence-corrected chi connectivity index (χ4v) is 1.50. The Hall–Kier alpha value is -1.15. The van der Waals surface area contributed by atoms with E-state index < -0.39 is 0 Å². The molecule has 2 nitrogen and oxygen atoms in total. The lowest BCUT2D eigenvalue weighted by atomic mass is 9.96. The number of benzene rings is 1. The first-order valence-corrected chi connectivity index (χ1v) is 4.14. The Morgan fingerprint density at radius 2 is 2.17 bits per heavy atom. The van der Waals surface area contributed by atoms with Crippen LogP contribution in [0.1, 0.15) is 22.8 Å². The first-order valence-electron chi connectivity index (χ1n) is 4.14. The summed E-state index contributed by atoms with van der Waals surface area (Å²) in [4.78, 5) is 11.6. The summed E-state index contributed by atoms with van der Waals surface area (Å²) in [6, 6.07) is 7.74. The number of carbonyl (C=O) groups excluding carboxylic acids is 1. The second kappa shape index (κ2) is 2.72. The molecule has 0 bridgehead atoms. The molecule has 1 heterocycles. The molecule has 62 valence electrons. The van der Waals surface area contributed by atoms with Crippen LogP contribution in [0.5, 0.6) is 0 Å². The van der Waals surface area contributed by atoms with Crippen LogP contribution < -0.4 is 5.32 Å². The van der Waals surface area contributed by atoms with Crippen LogP contribution in [0, 0.1) is 0 Å². The van der Waals surface area contributed by atoms with Crippen molar-refractivity contribution in [1.82, 2.24) is 5.32 Å². The number of hydrogen-bond acceptors (Lipinski definition) is 2. The summed E-state index contributed by atoms with van der Waals surface area (Å²) in [6.07, 6.45) is 0. The number of fused-ring (bicyclic) bond motifs is 1. The molecule has 1 aromatic rings. The van der Waals surface area contributed by atoms with E-state index in [9.17, 15) is 4.79 Å². The van der Waals surface area contributed by atoms with Crippen LogP contribution in [0.3, 0.4) is 0 Å². The van der Waals surface area contributed by atoms with E-state index in [1.807, 2.05) is 31.2 Å². The van der Waals surface area contributed by atoms with Crippen LogP contribution >= 0.6 is 0 Å². The number of carbonyl (C=O) groups is 1. The average molecular weight is 161 g/mol. The minimum Gasteiger partial charge on any atom is -0.303 e. The van der Waals surface area contributed by atoms with Gasteiger partial charge in [-0.15, -0.1) is 0 Å². The number of rotatable bonds is 0. The summed E-state index contributed by atoms with van der Waals surface area (Å²) in [5.41, 5.74) is 1.99. The molecule has 0 saturated heterocycles. The third-order valence-electron chi connectivity index (χ3n) is 2.27. The molecule has 2 rings (SSSR count). The van der Waals surface area contributed by atoms with Crippen molar-refractivity contribution in [2.45, 2.75) is 19.5 Å². The van der Waals surface area contributed by atoms with Crippen LogP contribution in [0.15, 0.2) is 24.3 Å². The number of Topliss-reactive ketones (excluding diaryl/α,β-unsaturated/α-hetero) is 1. The maximum atomic E-state index is 11.6. The molecule has 1 aromatic carbocycles. The lowest BCUT2D eigenvalue weighted by Crippen LogP contribution is -2.38. The maximum absolute atomic E-state index is 11.6. The van der Waals surface area contributed by atoms with Crippen LogP contribution in [-0.4, -0.2) is 11.8 Å². The van der Waals surface area contributed by atoms with Gasteiger partial charge < -0.3 is 5.32 Å². The van der Waals surface area contributed by atoms with E-state index in [-0.39, 0.29) is 11.8 Å². The minimum atomic E-state index is -0.0279. The molecule has 2 heteroatoms. The van der Waals surface area contributed by atoms with E-state index in [0.717, 1.165) is 17.7 Å². The van der Waals surface area contributed by atoms with Gasteiger partial charge >= 0.3 is 0 Å². The van der Waals surface area contributed by atoms with Gasteiger partial charge in [0, 0.05) is 12.1 Å². The third kappa shape index (κ3) is 1.04. The van der Waals surface area contributed by atoms with E-state index in [1.54, 1.807) is 0 Å². The summed E-state index contributed by atoms with van der Waals surface area (Å²) < 4.78 is 0. The van der Waals surface area contributed by atoms with Gasteiger partial charge in [0.05, 0.1) is 6.04 Å². The van der Waals surface area contributed by atoms with Crippen molar-refractivity contribution in [3.05, 3.63) is 35.4 Å². The van der Waals surface area contributed by atoms with Crippen LogP contribution in [-0.2, 0) is 6.54 Å². The van der Waals surface area contributed by atoms with E-state index >= 15 is 0 Å². The summed E-state index contributed by atoms with van der Waals surface area (Å²) >= 11 is 0. The van der Waals surface area contributed by atoms with Gasteiger partial charge in [0.1, 0.15) is 0 Å². The fourth-order valence-electron chi connectivity index (χ4n) is 1.50. The van der Waals surface area contributed by atoms with Crippen molar-refractivity contribution >= 4 is 5.78 Å². The molecule has 0 amide bonds. The molecule has 0 aromatic heterocycles. The minimum absolute atomic E-state index is 0.0279. The Balaban J connectivity index is 2.49. The summed E-state index contributed by atoms with van der Waals surface area (Å²) in [6.45, 7) is 2.71. The van der Waals surface area contributed by atoms with Crippen LogP contribution in [0.2, 0.25) is 0 Å². The topological polar surface area (TPSA) is 29.1 Å². The van der Waals surface area contributed by atoms with Crippen molar-refractivity contribution in [2.75, 3.05) is 0 Å². The van der Waals surface area contributed by atoms with Gasteiger partial charge in [0.25, 0.3) is 0 Å². The van der Waals surface area contributed by atoms with Gasteiger partial charge in [0.15, 0.2) is 5.78 Å². The highest BCUT2D eigenvalue weighted by Gasteiger charge is 2.21. The molecule has 1 aliphatic rings. The molecule has 1 unspecified atom stereocenters. The third-order valence-corrected chi connectivity index (χ3v) is 2.27. The SMILES string of the molecule is CC1NCc2ccccc2C1=O. The zero-order valence-corrected chi connectivity index (χ0v) is 7.00. The van der Waals surface area contributed by atoms with Crippen LogP contribution in [0.4, 0.5) is 0 Å². The smallest absolute Gasteiger partial charge is 0.179 e. The van der Waals surface area contributed by atoms with Gasteiger partial charge in [-0.05, 0) is 12.5 Å². The molecule has 0 radical (unpaired) electrons. The monoisotopic (exact) mass is 161 g/mol. The van der Waals surface area contributed by atoms with Gasteiger partial charge in [-0.25, -0.2) is 0 Å². The predicted molar refractivity (Wildman–Crippen MR) is 47.1 cm³/mol. The molecule has 1 atom stereocenters. The van der Waals surface area contributed by atoms with Gasteiger partial charge in [0.2, 0.25) is 0 Å². The Bertz CT molecular complexity index is 319. The largest absolute Gasteiger partial charge is 0.303 e. The van der Waals surface area contributed by atoms with Crippen molar-refractivity contribution in [1.29, 1.82) is 0 Å². The zero-order valence-electron chi connectivity index (χ0n) is 7.00. The molecule has 0 spiro atoms. The second-order valence-electron chi connectivity index (χ2n) is 3.12. The lowest BCUT2D eigenvalue weighted by molar-refractivity contribution is 0.0939. The number of hydrogen-bond donors (Lipinski definition) is 1. The normalized spacial score (nSPS) is 22.1. The first-order chi connectivity index (χ1) is 5.79. The summed E-state index contributed by atoms with van der Waals surface area (Å²) in [5, 5.41) is 3.14. The van der Waals surface area contributed by atoms with Gasteiger partial charge in [-0.1, -0.05) is 24.3 Å².